The van der Waals surface area contributed by atoms with E-state index >= 15 is 0 Å². The van der Waals surface area contributed by atoms with Gasteiger partial charge in [-0.05, 0) is 26.3 Å². The van der Waals surface area contributed by atoms with Crippen LogP contribution in [0.2, 0.25) is 0 Å². The van der Waals surface area contributed by atoms with E-state index < -0.39 is 0 Å². The summed E-state index contributed by atoms with van der Waals surface area (Å²) < 4.78 is 6.36. The van der Waals surface area contributed by atoms with Gasteiger partial charge in [-0.2, -0.15) is 0 Å². The summed E-state index contributed by atoms with van der Waals surface area (Å²) in [6, 6.07) is 0.288. The Hall–Kier alpha value is -1.43. The second kappa shape index (κ2) is 5.07. The number of hydrogen-bond donors (Lipinski definition) is 1. The largest absolute Gasteiger partial charge is 0.465 e. The van der Waals surface area contributed by atoms with Crippen LogP contribution in [0.3, 0.4) is 0 Å². The first-order chi connectivity index (χ1) is 7.79. The maximum atomic E-state index is 11.2. The molecule has 2 rings (SSSR count). The van der Waals surface area contributed by atoms with E-state index in [-0.39, 0.29) is 18.6 Å². The fourth-order valence-electron chi connectivity index (χ4n) is 1.83. The smallest absolute Gasteiger partial charge is 0.327 e. The van der Waals surface area contributed by atoms with E-state index in [4.69, 9.17) is 4.74 Å². The number of hydrogen-bond acceptors (Lipinski definition) is 5. The first kappa shape index (κ1) is 11.1. The Kier molecular flexibility index (Phi) is 3.51. The molecule has 1 saturated heterocycles. The highest BCUT2D eigenvalue weighted by molar-refractivity contribution is 5.68. The molecule has 0 bridgehead atoms. The van der Waals surface area contributed by atoms with Crippen molar-refractivity contribution in [2.45, 2.75) is 32.4 Å². The van der Waals surface area contributed by atoms with Crippen molar-refractivity contribution in [1.29, 1.82) is 0 Å². The number of ether oxygens (including phenoxy) is 1. The molecule has 0 spiro atoms. The van der Waals surface area contributed by atoms with Gasteiger partial charge in [-0.25, -0.2) is 4.68 Å². The summed E-state index contributed by atoms with van der Waals surface area (Å²) >= 11 is 0. The van der Waals surface area contributed by atoms with E-state index in [1.807, 2.05) is 0 Å². The topological polar surface area (TPSA) is 69.0 Å². The predicted molar refractivity (Wildman–Crippen MR) is 56.6 cm³/mol. The van der Waals surface area contributed by atoms with Crippen molar-refractivity contribution >= 4 is 5.97 Å². The molecule has 1 aliphatic rings. The van der Waals surface area contributed by atoms with Crippen molar-refractivity contribution in [3.05, 3.63) is 11.9 Å². The van der Waals surface area contributed by atoms with Gasteiger partial charge in [0.15, 0.2) is 0 Å². The fourth-order valence-corrected chi connectivity index (χ4v) is 1.83. The molecule has 88 valence electrons. The molecule has 6 nitrogen and oxygen atoms in total. The van der Waals surface area contributed by atoms with E-state index in [9.17, 15) is 4.79 Å². The Morgan fingerprint density at radius 2 is 2.62 bits per heavy atom. The Balaban J connectivity index is 1.93. The lowest BCUT2D eigenvalue weighted by atomic mass is 10.2. The van der Waals surface area contributed by atoms with Gasteiger partial charge in [0.1, 0.15) is 6.54 Å². The summed E-state index contributed by atoms with van der Waals surface area (Å²) in [6.45, 7) is 3.33. The van der Waals surface area contributed by atoms with E-state index in [1.165, 1.54) is 4.68 Å². The lowest BCUT2D eigenvalue weighted by molar-refractivity contribution is -0.144. The minimum atomic E-state index is -0.279. The number of esters is 1. The molecule has 0 saturated carbocycles. The van der Waals surface area contributed by atoms with Crippen LogP contribution in [-0.2, 0) is 16.1 Å². The zero-order valence-electron chi connectivity index (χ0n) is 9.35. The summed E-state index contributed by atoms with van der Waals surface area (Å²) in [6.07, 6.45) is 4.05. The maximum Gasteiger partial charge on any atom is 0.327 e. The second-order valence-corrected chi connectivity index (χ2v) is 3.79. The third-order valence-electron chi connectivity index (χ3n) is 2.57. The van der Waals surface area contributed by atoms with Crippen LogP contribution < -0.4 is 5.32 Å². The molecule has 2 heterocycles. The number of nitrogens with one attached hydrogen (secondary N) is 1. The summed E-state index contributed by atoms with van der Waals surface area (Å²) in [7, 11) is 0. The zero-order chi connectivity index (χ0) is 11.4. The molecular formula is C10H16N4O2. The average Bonchev–Trinajstić information content (AvgIpc) is 2.86. The van der Waals surface area contributed by atoms with Crippen molar-refractivity contribution < 1.29 is 9.53 Å². The van der Waals surface area contributed by atoms with Crippen molar-refractivity contribution in [3.8, 4) is 0 Å². The monoisotopic (exact) mass is 224 g/mol. The lowest BCUT2D eigenvalue weighted by Gasteiger charge is -2.03. The van der Waals surface area contributed by atoms with Crippen molar-refractivity contribution in [3.63, 3.8) is 0 Å². The van der Waals surface area contributed by atoms with E-state index in [2.05, 4.69) is 15.6 Å². The third kappa shape index (κ3) is 2.57. The van der Waals surface area contributed by atoms with Crippen molar-refractivity contribution in [2.75, 3.05) is 13.2 Å². The van der Waals surface area contributed by atoms with Gasteiger partial charge >= 0.3 is 5.97 Å². The fraction of sp³-hybridized carbons (Fsp3) is 0.700. The molecule has 1 aliphatic heterocycles. The van der Waals surface area contributed by atoms with E-state index in [0.29, 0.717) is 6.61 Å². The number of rotatable bonds is 4. The van der Waals surface area contributed by atoms with Crippen LogP contribution in [0, 0.1) is 0 Å². The Bertz CT molecular complexity index is 357. The number of carbonyl (C=O) groups is 1. The van der Waals surface area contributed by atoms with Gasteiger partial charge in [-0.15, -0.1) is 5.10 Å². The highest BCUT2D eigenvalue weighted by Gasteiger charge is 2.19. The molecule has 0 amide bonds. The summed E-state index contributed by atoms with van der Waals surface area (Å²) in [5, 5.41) is 11.3. The maximum absolute atomic E-state index is 11.2. The van der Waals surface area contributed by atoms with E-state index in [0.717, 1.165) is 25.1 Å². The molecule has 1 fully saturated rings. The van der Waals surface area contributed by atoms with Gasteiger partial charge in [0, 0.05) is 0 Å². The Morgan fingerprint density at radius 1 is 1.75 bits per heavy atom. The summed E-state index contributed by atoms with van der Waals surface area (Å²) in [5.74, 6) is -0.279. The molecule has 0 radical (unpaired) electrons. The molecule has 16 heavy (non-hydrogen) atoms. The first-order valence-corrected chi connectivity index (χ1v) is 5.58. The van der Waals surface area contributed by atoms with Gasteiger partial charge in [-0.1, -0.05) is 5.21 Å². The molecule has 1 unspecified atom stereocenters. The summed E-state index contributed by atoms with van der Waals surface area (Å²) in [5.41, 5.74) is 0.904. The molecule has 0 aliphatic carbocycles. The molecule has 1 atom stereocenters. The van der Waals surface area contributed by atoms with Crippen molar-refractivity contribution in [1.82, 2.24) is 20.3 Å². The molecule has 6 heteroatoms. The van der Waals surface area contributed by atoms with Gasteiger partial charge in [0.05, 0.1) is 24.5 Å². The van der Waals surface area contributed by atoms with Gasteiger partial charge in [0.2, 0.25) is 0 Å². The van der Waals surface area contributed by atoms with Crippen LogP contribution in [-0.4, -0.2) is 34.1 Å². The number of nitrogens with zero attached hydrogens (tertiary/aromatic N) is 3. The lowest BCUT2D eigenvalue weighted by Crippen LogP contribution is -2.14. The quantitative estimate of drug-likeness (QED) is 0.743. The van der Waals surface area contributed by atoms with Crippen LogP contribution in [0.25, 0.3) is 0 Å². The van der Waals surface area contributed by atoms with Crippen LogP contribution in [0.4, 0.5) is 0 Å². The van der Waals surface area contributed by atoms with Crippen LogP contribution in [0.5, 0.6) is 0 Å². The predicted octanol–water partition coefficient (Wildman–Crippen LogP) is 0.266. The Morgan fingerprint density at radius 3 is 3.31 bits per heavy atom. The van der Waals surface area contributed by atoms with Crippen molar-refractivity contribution in [2.24, 2.45) is 0 Å². The normalized spacial score (nSPS) is 19.9. The van der Waals surface area contributed by atoms with Crippen LogP contribution in [0.1, 0.15) is 31.5 Å². The molecule has 1 aromatic rings. The minimum Gasteiger partial charge on any atom is -0.465 e. The Labute approximate surface area is 94.0 Å². The minimum absolute atomic E-state index is 0.132. The molecule has 0 aromatic carbocycles. The zero-order valence-corrected chi connectivity index (χ0v) is 9.35. The molecule has 1 aromatic heterocycles. The second-order valence-electron chi connectivity index (χ2n) is 3.79. The standard InChI is InChI=1S/C10H16N4O2/c1-2-16-10(15)7-14-6-9(12-13-14)8-4-3-5-11-8/h6,8,11H,2-5,7H2,1H3. The van der Waals surface area contributed by atoms with Gasteiger partial charge in [-0.3, -0.25) is 4.79 Å². The highest BCUT2D eigenvalue weighted by Crippen LogP contribution is 2.20. The number of carbonyl (C=O) groups excluding carboxylic acids is 1. The molecular weight excluding hydrogens is 208 g/mol. The van der Waals surface area contributed by atoms with Crippen LogP contribution >= 0.6 is 0 Å². The summed E-state index contributed by atoms with van der Waals surface area (Å²) in [4.78, 5) is 11.2. The highest BCUT2D eigenvalue weighted by atomic mass is 16.5. The van der Waals surface area contributed by atoms with Crippen LogP contribution in [0.15, 0.2) is 6.20 Å². The third-order valence-corrected chi connectivity index (χ3v) is 2.57. The van der Waals surface area contributed by atoms with E-state index in [1.54, 1.807) is 13.1 Å². The van der Waals surface area contributed by atoms with Gasteiger partial charge < -0.3 is 10.1 Å². The first-order valence-electron chi connectivity index (χ1n) is 5.58. The van der Waals surface area contributed by atoms with Gasteiger partial charge in [0.25, 0.3) is 0 Å². The number of aromatic nitrogens is 3. The molecule has 1 N–H and O–H groups in total. The average molecular weight is 224 g/mol. The SMILES string of the molecule is CCOC(=O)Cn1cc(C2CCCN2)nn1.